The highest BCUT2D eigenvalue weighted by Crippen LogP contribution is 2.30. The largest absolute Gasteiger partial charge is 0.490 e. The van der Waals surface area contributed by atoms with Crippen molar-refractivity contribution in [3.05, 3.63) is 65.7 Å². The first-order valence-electron chi connectivity index (χ1n) is 10.5. The molecule has 2 aromatic carbocycles. The first kappa shape index (κ1) is 24.0. The third kappa shape index (κ3) is 6.41. The fraction of sp³-hybridized carbons (Fsp3) is 0.348. The predicted octanol–water partition coefficient (Wildman–Crippen LogP) is 4.44. The zero-order valence-electron chi connectivity index (χ0n) is 18.1. The van der Waals surface area contributed by atoms with Gasteiger partial charge in [0.2, 0.25) is 0 Å². The molecule has 1 heterocycles. The van der Waals surface area contributed by atoms with Crippen LogP contribution in [0.15, 0.2) is 53.8 Å². The standard InChI is InChI=1S/C23H27FN6O.HI/c1-15(18-8-9-21(20(24)11-18)31-13-16-6-7-16)29-23(25-2)26-12-17-4-3-5-19(10-17)22-27-14-28-30-22;/h3-5,8-11,14-16H,6-7,12-13H2,1-2H3,(H2,25,26,29)(H,27,28,30);1H. The molecule has 170 valence electrons. The van der Waals surface area contributed by atoms with E-state index in [-0.39, 0.29) is 35.8 Å². The highest BCUT2D eigenvalue weighted by Gasteiger charge is 2.22. The van der Waals surface area contributed by atoms with E-state index in [2.05, 4.69) is 30.8 Å². The number of aromatic nitrogens is 3. The molecule has 1 fully saturated rings. The molecule has 1 atom stereocenters. The van der Waals surface area contributed by atoms with E-state index in [9.17, 15) is 4.39 Å². The van der Waals surface area contributed by atoms with Crippen LogP contribution in [-0.2, 0) is 6.54 Å². The first-order chi connectivity index (χ1) is 15.1. The number of nitrogens with zero attached hydrogens (tertiary/aromatic N) is 3. The SMILES string of the molecule is CN=C(NCc1cccc(-c2ncn[nH]2)c1)NC(C)c1ccc(OCC2CC2)c(F)c1.I. The van der Waals surface area contributed by atoms with Crippen molar-refractivity contribution in [3.8, 4) is 17.1 Å². The Bertz CT molecular complexity index is 1040. The van der Waals surface area contributed by atoms with Gasteiger partial charge < -0.3 is 15.4 Å². The highest BCUT2D eigenvalue weighted by atomic mass is 127. The molecule has 3 N–H and O–H groups in total. The lowest BCUT2D eigenvalue weighted by molar-refractivity contribution is 0.285. The van der Waals surface area contributed by atoms with Crippen molar-refractivity contribution >= 4 is 29.9 Å². The molecule has 0 amide bonds. The number of rotatable bonds is 8. The van der Waals surface area contributed by atoms with Crippen molar-refractivity contribution in [2.75, 3.05) is 13.7 Å². The van der Waals surface area contributed by atoms with Crippen LogP contribution in [0.1, 0.15) is 36.9 Å². The topological polar surface area (TPSA) is 87.2 Å². The molecule has 0 saturated heterocycles. The van der Waals surface area contributed by atoms with E-state index >= 15 is 0 Å². The molecule has 1 saturated carbocycles. The third-order valence-corrected chi connectivity index (χ3v) is 5.28. The summed E-state index contributed by atoms with van der Waals surface area (Å²) in [6, 6.07) is 13.0. The summed E-state index contributed by atoms with van der Waals surface area (Å²) in [7, 11) is 1.71. The lowest BCUT2D eigenvalue weighted by Crippen LogP contribution is -2.38. The Morgan fingerprint density at radius 3 is 2.81 bits per heavy atom. The molecule has 1 aromatic heterocycles. The molecule has 0 spiro atoms. The average molecular weight is 550 g/mol. The number of hydrogen-bond acceptors (Lipinski definition) is 4. The Morgan fingerprint density at radius 2 is 2.12 bits per heavy atom. The van der Waals surface area contributed by atoms with Gasteiger partial charge in [-0.3, -0.25) is 10.1 Å². The second-order valence-electron chi connectivity index (χ2n) is 7.77. The van der Waals surface area contributed by atoms with Crippen molar-refractivity contribution in [2.24, 2.45) is 10.9 Å². The normalized spacial score (nSPS) is 14.4. The van der Waals surface area contributed by atoms with E-state index in [0.29, 0.717) is 30.8 Å². The van der Waals surface area contributed by atoms with Gasteiger partial charge >= 0.3 is 0 Å². The zero-order valence-corrected chi connectivity index (χ0v) is 20.5. The molecule has 1 unspecified atom stereocenters. The van der Waals surface area contributed by atoms with Gasteiger partial charge in [0, 0.05) is 19.2 Å². The van der Waals surface area contributed by atoms with Crippen LogP contribution in [0.2, 0.25) is 0 Å². The van der Waals surface area contributed by atoms with Crippen molar-refractivity contribution < 1.29 is 9.13 Å². The second kappa shape index (κ2) is 11.3. The highest BCUT2D eigenvalue weighted by molar-refractivity contribution is 14.0. The Kier molecular flexibility index (Phi) is 8.43. The molecule has 4 rings (SSSR count). The third-order valence-electron chi connectivity index (χ3n) is 5.28. The van der Waals surface area contributed by atoms with Gasteiger partial charge in [-0.1, -0.05) is 24.3 Å². The van der Waals surface area contributed by atoms with E-state index in [1.807, 2.05) is 37.3 Å². The van der Waals surface area contributed by atoms with Gasteiger partial charge in [-0.15, -0.1) is 24.0 Å². The van der Waals surface area contributed by atoms with E-state index in [0.717, 1.165) is 22.5 Å². The fourth-order valence-electron chi connectivity index (χ4n) is 3.24. The first-order valence-corrected chi connectivity index (χ1v) is 10.5. The number of ether oxygens (including phenoxy) is 1. The summed E-state index contributed by atoms with van der Waals surface area (Å²) in [5.41, 5.74) is 2.87. The minimum absolute atomic E-state index is 0. The van der Waals surface area contributed by atoms with Gasteiger partial charge in [0.05, 0.1) is 12.6 Å². The molecule has 7 nitrogen and oxygen atoms in total. The maximum absolute atomic E-state index is 14.4. The van der Waals surface area contributed by atoms with Crippen LogP contribution in [0, 0.1) is 11.7 Å². The van der Waals surface area contributed by atoms with Crippen LogP contribution in [0.25, 0.3) is 11.4 Å². The van der Waals surface area contributed by atoms with E-state index in [4.69, 9.17) is 4.74 Å². The second-order valence-corrected chi connectivity index (χ2v) is 7.77. The van der Waals surface area contributed by atoms with Crippen molar-refractivity contribution in [3.63, 3.8) is 0 Å². The number of nitrogens with one attached hydrogen (secondary N) is 3. The lowest BCUT2D eigenvalue weighted by atomic mass is 10.1. The van der Waals surface area contributed by atoms with Crippen molar-refractivity contribution in [2.45, 2.75) is 32.4 Å². The summed E-state index contributed by atoms with van der Waals surface area (Å²) < 4.78 is 20.0. The van der Waals surface area contributed by atoms with E-state index in [1.54, 1.807) is 13.1 Å². The summed E-state index contributed by atoms with van der Waals surface area (Å²) in [5, 5.41) is 13.4. The van der Waals surface area contributed by atoms with Gasteiger partial charge in [0.1, 0.15) is 6.33 Å². The predicted molar refractivity (Wildman–Crippen MR) is 134 cm³/mol. The van der Waals surface area contributed by atoms with Crippen LogP contribution in [0.5, 0.6) is 5.75 Å². The fourth-order valence-corrected chi connectivity index (χ4v) is 3.24. The van der Waals surface area contributed by atoms with Crippen molar-refractivity contribution in [1.29, 1.82) is 0 Å². The van der Waals surface area contributed by atoms with Crippen LogP contribution < -0.4 is 15.4 Å². The quantitative estimate of drug-likeness (QED) is 0.219. The number of hydrogen-bond donors (Lipinski definition) is 3. The van der Waals surface area contributed by atoms with E-state index < -0.39 is 0 Å². The Balaban J connectivity index is 0.00000289. The van der Waals surface area contributed by atoms with E-state index in [1.165, 1.54) is 25.2 Å². The number of aromatic amines is 1. The van der Waals surface area contributed by atoms with Crippen molar-refractivity contribution in [1.82, 2.24) is 25.8 Å². The summed E-state index contributed by atoms with van der Waals surface area (Å²) >= 11 is 0. The van der Waals surface area contributed by atoms with Gasteiger partial charge in [-0.25, -0.2) is 9.37 Å². The molecule has 0 bridgehead atoms. The lowest BCUT2D eigenvalue weighted by Gasteiger charge is -2.19. The maximum atomic E-state index is 14.4. The van der Waals surface area contributed by atoms with Gasteiger partial charge in [-0.05, 0) is 55.0 Å². The number of H-pyrrole nitrogens is 1. The van der Waals surface area contributed by atoms with Gasteiger partial charge in [0.25, 0.3) is 0 Å². The Hall–Kier alpha value is -2.69. The summed E-state index contributed by atoms with van der Waals surface area (Å²) in [6.07, 6.45) is 3.84. The summed E-state index contributed by atoms with van der Waals surface area (Å²) in [4.78, 5) is 8.47. The Labute approximate surface area is 204 Å². The van der Waals surface area contributed by atoms with Crippen LogP contribution >= 0.6 is 24.0 Å². The number of guanidine groups is 1. The molecule has 1 aliphatic carbocycles. The van der Waals surface area contributed by atoms with Gasteiger partial charge in [0.15, 0.2) is 23.4 Å². The summed E-state index contributed by atoms with van der Waals surface area (Å²) in [5.74, 6) is 1.93. The molecule has 9 heteroatoms. The smallest absolute Gasteiger partial charge is 0.191 e. The van der Waals surface area contributed by atoms with Crippen LogP contribution in [0.3, 0.4) is 0 Å². The molecule has 3 aromatic rings. The molecule has 0 radical (unpaired) electrons. The number of aliphatic imine (C=N–C) groups is 1. The number of benzene rings is 2. The van der Waals surface area contributed by atoms with Gasteiger partial charge in [-0.2, -0.15) is 5.10 Å². The average Bonchev–Trinajstić information content (AvgIpc) is 3.45. The molecular weight excluding hydrogens is 522 g/mol. The molecule has 0 aliphatic heterocycles. The minimum Gasteiger partial charge on any atom is -0.490 e. The minimum atomic E-state index is -0.334. The van der Waals surface area contributed by atoms with Crippen LogP contribution in [-0.4, -0.2) is 34.8 Å². The summed E-state index contributed by atoms with van der Waals surface area (Å²) in [6.45, 7) is 3.14. The van der Waals surface area contributed by atoms with Crippen LogP contribution in [0.4, 0.5) is 4.39 Å². The zero-order chi connectivity index (χ0) is 21.6. The molecule has 1 aliphatic rings. The Morgan fingerprint density at radius 1 is 1.28 bits per heavy atom. The monoisotopic (exact) mass is 550 g/mol. The molecular formula is C23H28FIN6O. The maximum Gasteiger partial charge on any atom is 0.191 e. The molecule has 32 heavy (non-hydrogen) atoms. The number of halogens is 2.